The highest BCUT2D eigenvalue weighted by Crippen LogP contribution is 2.20. The fraction of sp³-hybridized carbons (Fsp3) is 0.500. The van der Waals surface area contributed by atoms with Crippen LogP contribution in [0.4, 0.5) is 5.95 Å². The maximum Gasteiger partial charge on any atom is 0.222 e. The number of piperidine rings is 1. The Hall–Kier alpha value is -1.99. The van der Waals surface area contributed by atoms with Crippen molar-refractivity contribution in [3.05, 3.63) is 40.8 Å². The number of rotatable bonds is 8. The smallest absolute Gasteiger partial charge is 0.222 e. The monoisotopic (exact) mass is 359 g/mol. The van der Waals surface area contributed by atoms with Crippen LogP contribution in [0.15, 0.2) is 36.0 Å². The number of thiophene rings is 1. The van der Waals surface area contributed by atoms with E-state index in [-0.39, 0.29) is 5.91 Å². The van der Waals surface area contributed by atoms with Crippen LogP contribution in [0.25, 0.3) is 0 Å². The molecule has 1 amide bonds. The quantitative estimate of drug-likeness (QED) is 0.757. The average Bonchev–Trinajstić information content (AvgIpc) is 3.15. The SMILES string of the molecule is O=C(CCNc1ncccn1)NCC1CCN(Cc2cccs2)CC1. The number of hydrogen-bond donors (Lipinski definition) is 2. The second kappa shape index (κ2) is 9.48. The predicted octanol–water partition coefficient (Wildman–Crippen LogP) is 2.37. The fourth-order valence-corrected chi connectivity index (χ4v) is 3.74. The van der Waals surface area contributed by atoms with Gasteiger partial charge < -0.3 is 10.6 Å². The Balaban J connectivity index is 1.27. The van der Waals surface area contributed by atoms with Gasteiger partial charge in [0.25, 0.3) is 0 Å². The average molecular weight is 359 g/mol. The zero-order valence-electron chi connectivity index (χ0n) is 14.4. The molecule has 0 unspecified atom stereocenters. The molecule has 2 aromatic heterocycles. The van der Waals surface area contributed by atoms with Crippen LogP contribution in [0.5, 0.6) is 0 Å². The second-order valence-corrected chi connectivity index (χ2v) is 7.38. The number of nitrogens with zero attached hydrogens (tertiary/aromatic N) is 3. The number of carbonyl (C=O) groups is 1. The molecule has 1 aliphatic heterocycles. The summed E-state index contributed by atoms with van der Waals surface area (Å²) in [5, 5.41) is 8.25. The molecule has 3 heterocycles. The molecule has 134 valence electrons. The molecule has 0 aromatic carbocycles. The van der Waals surface area contributed by atoms with E-state index in [0.29, 0.717) is 24.8 Å². The van der Waals surface area contributed by atoms with Crippen molar-refractivity contribution in [2.45, 2.75) is 25.8 Å². The van der Waals surface area contributed by atoms with Crippen molar-refractivity contribution in [1.82, 2.24) is 20.2 Å². The largest absolute Gasteiger partial charge is 0.356 e. The van der Waals surface area contributed by atoms with Crippen molar-refractivity contribution in [3.8, 4) is 0 Å². The van der Waals surface area contributed by atoms with Crippen LogP contribution in [0, 0.1) is 5.92 Å². The van der Waals surface area contributed by atoms with Crippen LogP contribution >= 0.6 is 11.3 Å². The van der Waals surface area contributed by atoms with E-state index < -0.39 is 0 Å². The standard InChI is InChI=1S/C18H25N5OS/c24-17(4-9-21-18-19-7-2-8-20-18)22-13-15-5-10-23(11-6-15)14-16-3-1-12-25-16/h1-3,7-8,12,15H,4-6,9-11,13-14H2,(H,22,24)(H,19,20,21). The van der Waals surface area contributed by atoms with Gasteiger partial charge in [0.15, 0.2) is 0 Å². The first-order chi connectivity index (χ1) is 12.3. The number of anilines is 1. The van der Waals surface area contributed by atoms with E-state index in [2.05, 4.69) is 43.0 Å². The topological polar surface area (TPSA) is 70.1 Å². The van der Waals surface area contributed by atoms with E-state index in [1.54, 1.807) is 18.5 Å². The molecule has 6 nitrogen and oxygen atoms in total. The number of likely N-dealkylation sites (tertiary alicyclic amines) is 1. The van der Waals surface area contributed by atoms with Crippen LogP contribution in [0.2, 0.25) is 0 Å². The molecule has 0 radical (unpaired) electrons. The number of amides is 1. The third-order valence-corrected chi connectivity index (χ3v) is 5.32. The molecule has 2 N–H and O–H groups in total. The van der Waals surface area contributed by atoms with Gasteiger partial charge in [-0.15, -0.1) is 11.3 Å². The summed E-state index contributed by atoms with van der Waals surface area (Å²) < 4.78 is 0. The lowest BCUT2D eigenvalue weighted by molar-refractivity contribution is -0.121. The van der Waals surface area contributed by atoms with E-state index in [0.717, 1.165) is 39.0 Å². The maximum absolute atomic E-state index is 12.0. The van der Waals surface area contributed by atoms with Gasteiger partial charge in [-0.3, -0.25) is 9.69 Å². The minimum Gasteiger partial charge on any atom is -0.356 e. The molecule has 25 heavy (non-hydrogen) atoms. The first-order valence-electron chi connectivity index (χ1n) is 8.82. The lowest BCUT2D eigenvalue weighted by Crippen LogP contribution is -2.38. The first-order valence-corrected chi connectivity index (χ1v) is 9.70. The molecular weight excluding hydrogens is 334 g/mol. The van der Waals surface area contributed by atoms with Gasteiger partial charge in [-0.1, -0.05) is 6.07 Å². The maximum atomic E-state index is 12.0. The lowest BCUT2D eigenvalue weighted by atomic mass is 9.96. The molecule has 1 saturated heterocycles. The molecular formula is C18H25N5OS. The molecule has 1 fully saturated rings. The Morgan fingerprint density at radius 1 is 1.24 bits per heavy atom. The summed E-state index contributed by atoms with van der Waals surface area (Å²) in [6.07, 6.45) is 6.11. The van der Waals surface area contributed by atoms with Crippen molar-refractivity contribution in [2.24, 2.45) is 5.92 Å². The molecule has 0 bridgehead atoms. The zero-order valence-corrected chi connectivity index (χ0v) is 15.2. The van der Waals surface area contributed by atoms with Crippen molar-refractivity contribution in [1.29, 1.82) is 0 Å². The first kappa shape index (κ1) is 17.8. The Morgan fingerprint density at radius 2 is 2.04 bits per heavy atom. The highest BCUT2D eigenvalue weighted by Gasteiger charge is 2.19. The van der Waals surface area contributed by atoms with Gasteiger partial charge in [-0.2, -0.15) is 0 Å². The van der Waals surface area contributed by atoms with Crippen molar-refractivity contribution in [3.63, 3.8) is 0 Å². The van der Waals surface area contributed by atoms with E-state index >= 15 is 0 Å². The van der Waals surface area contributed by atoms with Crippen molar-refractivity contribution >= 4 is 23.2 Å². The highest BCUT2D eigenvalue weighted by molar-refractivity contribution is 7.09. The zero-order chi connectivity index (χ0) is 17.3. The third-order valence-electron chi connectivity index (χ3n) is 4.46. The lowest BCUT2D eigenvalue weighted by Gasteiger charge is -2.31. The van der Waals surface area contributed by atoms with E-state index in [9.17, 15) is 4.79 Å². The van der Waals surface area contributed by atoms with Gasteiger partial charge in [0.1, 0.15) is 0 Å². The summed E-state index contributed by atoms with van der Waals surface area (Å²) in [4.78, 5) is 24.0. The molecule has 0 spiro atoms. The normalized spacial score (nSPS) is 15.8. The van der Waals surface area contributed by atoms with Gasteiger partial charge in [0.05, 0.1) is 0 Å². The van der Waals surface area contributed by atoms with Crippen LogP contribution in [-0.4, -0.2) is 47.0 Å². The van der Waals surface area contributed by atoms with Crippen LogP contribution in [0.3, 0.4) is 0 Å². The van der Waals surface area contributed by atoms with E-state index in [1.807, 2.05) is 11.3 Å². The number of nitrogens with one attached hydrogen (secondary N) is 2. The Kier molecular flexibility index (Phi) is 6.76. The summed E-state index contributed by atoms with van der Waals surface area (Å²) in [5.74, 6) is 1.24. The minimum atomic E-state index is 0.0875. The van der Waals surface area contributed by atoms with Crippen LogP contribution in [0.1, 0.15) is 24.1 Å². The predicted molar refractivity (Wildman–Crippen MR) is 100 cm³/mol. The summed E-state index contributed by atoms with van der Waals surface area (Å²) in [6, 6.07) is 6.08. The summed E-state index contributed by atoms with van der Waals surface area (Å²) in [6.45, 7) is 4.63. The van der Waals surface area contributed by atoms with Gasteiger partial charge in [-0.05, 0) is 49.4 Å². The summed E-state index contributed by atoms with van der Waals surface area (Å²) in [5.41, 5.74) is 0. The highest BCUT2D eigenvalue weighted by atomic mass is 32.1. The third kappa shape index (κ3) is 6.10. The second-order valence-electron chi connectivity index (χ2n) is 6.35. The van der Waals surface area contributed by atoms with Crippen molar-refractivity contribution in [2.75, 3.05) is 31.5 Å². The summed E-state index contributed by atoms with van der Waals surface area (Å²) in [7, 11) is 0. The number of hydrogen-bond acceptors (Lipinski definition) is 6. The van der Waals surface area contributed by atoms with Crippen molar-refractivity contribution < 1.29 is 4.79 Å². The molecule has 0 saturated carbocycles. The Morgan fingerprint density at radius 3 is 2.76 bits per heavy atom. The van der Waals surface area contributed by atoms with E-state index in [4.69, 9.17) is 0 Å². The molecule has 7 heteroatoms. The molecule has 0 atom stereocenters. The van der Waals surface area contributed by atoms with E-state index in [1.165, 1.54) is 4.88 Å². The summed E-state index contributed by atoms with van der Waals surface area (Å²) >= 11 is 1.82. The van der Waals surface area contributed by atoms with Gasteiger partial charge in [0, 0.05) is 43.3 Å². The Bertz CT molecular complexity index is 626. The Labute approximate surface area is 152 Å². The molecule has 2 aromatic rings. The number of aromatic nitrogens is 2. The number of carbonyl (C=O) groups excluding carboxylic acids is 1. The molecule has 0 aliphatic carbocycles. The minimum absolute atomic E-state index is 0.0875. The fourth-order valence-electron chi connectivity index (χ4n) is 3.00. The van der Waals surface area contributed by atoms with Gasteiger partial charge in [-0.25, -0.2) is 9.97 Å². The van der Waals surface area contributed by atoms with Gasteiger partial charge in [0.2, 0.25) is 11.9 Å². The molecule has 1 aliphatic rings. The van der Waals surface area contributed by atoms with Crippen LogP contribution < -0.4 is 10.6 Å². The molecule has 3 rings (SSSR count). The van der Waals surface area contributed by atoms with Crippen LogP contribution in [-0.2, 0) is 11.3 Å². The van der Waals surface area contributed by atoms with Gasteiger partial charge >= 0.3 is 0 Å².